The van der Waals surface area contributed by atoms with Crippen LogP contribution in [0.5, 0.6) is 5.75 Å². The van der Waals surface area contributed by atoms with Crippen molar-refractivity contribution in [2.24, 2.45) is 0 Å². The molecule has 0 N–H and O–H groups in total. The van der Waals surface area contributed by atoms with Gasteiger partial charge in [0.25, 0.3) is 0 Å². The van der Waals surface area contributed by atoms with Crippen LogP contribution in [-0.2, 0) is 27.3 Å². The average Bonchev–Trinajstić information content (AvgIpc) is 2.92. The number of hydrogen-bond donors (Lipinski definition) is 0. The molecule has 0 heterocycles. The molecule has 0 saturated carbocycles. The van der Waals surface area contributed by atoms with Gasteiger partial charge >= 0.3 is 11.9 Å². The monoisotopic (exact) mass is 567 g/mol. The van der Waals surface area contributed by atoms with Gasteiger partial charge in [0, 0.05) is 24.0 Å². The highest BCUT2D eigenvalue weighted by molar-refractivity contribution is 9.10. The van der Waals surface area contributed by atoms with Crippen molar-refractivity contribution < 1.29 is 23.8 Å². The zero-order valence-corrected chi connectivity index (χ0v) is 22.8. The van der Waals surface area contributed by atoms with Crippen LogP contribution in [-0.4, -0.2) is 43.3 Å². The van der Waals surface area contributed by atoms with Gasteiger partial charge in [-0.15, -0.1) is 0 Å². The van der Waals surface area contributed by atoms with E-state index in [9.17, 15) is 9.59 Å². The molecule has 3 aromatic carbocycles. The maximum atomic E-state index is 12.5. The summed E-state index contributed by atoms with van der Waals surface area (Å²) in [4.78, 5) is 26.2. The van der Waals surface area contributed by atoms with Gasteiger partial charge in [0.05, 0.1) is 12.2 Å². The molecule has 0 aliphatic carbocycles. The Balaban J connectivity index is 1.57. The van der Waals surface area contributed by atoms with Crippen molar-refractivity contribution in [3.8, 4) is 5.75 Å². The van der Waals surface area contributed by atoms with Gasteiger partial charge < -0.3 is 14.2 Å². The van der Waals surface area contributed by atoms with Gasteiger partial charge in [-0.25, -0.2) is 4.79 Å². The standard InChI is InChI=1S/C30H34BrNO5/c1-2-35-29(33)14-8-9-20-32(23-37-30(34)26-11-4-3-5-12-26)21-19-25-10-6-7-13-28(25)36-22-24-15-17-27(31)18-16-24/h3-7,10-13,15-18H,2,8-9,14,19-23H2,1H3. The predicted molar refractivity (Wildman–Crippen MR) is 147 cm³/mol. The summed E-state index contributed by atoms with van der Waals surface area (Å²) in [6.07, 6.45) is 2.63. The normalized spacial score (nSPS) is 10.8. The highest BCUT2D eigenvalue weighted by Gasteiger charge is 2.13. The molecule has 0 radical (unpaired) electrons. The minimum absolute atomic E-state index is 0.176. The molecule has 196 valence electrons. The summed E-state index contributed by atoms with van der Waals surface area (Å²) in [5.41, 5.74) is 2.70. The number of para-hydroxylation sites is 1. The third kappa shape index (κ3) is 10.4. The molecule has 0 aliphatic heterocycles. The Kier molecular flexibility index (Phi) is 12.2. The fourth-order valence-corrected chi connectivity index (χ4v) is 4.02. The van der Waals surface area contributed by atoms with Crippen molar-refractivity contribution in [2.75, 3.05) is 26.4 Å². The predicted octanol–water partition coefficient (Wildman–Crippen LogP) is 6.42. The number of nitrogens with zero attached hydrogens (tertiary/aromatic N) is 1. The van der Waals surface area contributed by atoms with Crippen molar-refractivity contribution in [3.63, 3.8) is 0 Å². The molecule has 37 heavy (non-hydrogen) atoms. The second kappa shape index (κ2) is 15.8. The van der Waals surface area contributed by atoms with Crippen LogP contribution in [0, 0.1) is 0 Å². The van der Waals surface area contributed by atoms with Crippen LogP contribution in [0.2, 0.25) is 0 Å². The zero-order valence-electron chi connectivity index (χ0n) is 21.2. The van der Waals surface area contributed by atoms with Crippen molar-refractivity contribution in [1.82, 2.24) is 4.90 Å². The molecule has 0 unspecified atom stereocenters. The molecule has 0 amide bonds. The highest BCUT2D eigenvalue weighted by Crippen LogP contribution is 2.21. The van der Waals surface area contributed by atoms with Crippen molar-refractivity contribution in [3.05, 3.63) is 100 Å². The Morgan fingerprint density at radius 2 is 1.57 bits per heavy atom. The zero-order chi connectivity index (χ0) is 26.3. The van der Waals surface area contributed by atoms with Gasteiger partial charge in [-0.05, 0) is 67.6 Å². The van der Waals surface area contributed by atoms with Crippen molar-refractivity contribution in [2.45, 2.75) is 39.2 Å². The molecule has 0 aromatic heterocycles. The van der Waals surface area contributed by atoms with E-state index in [-0.39, 0.29) is 18.7 Å². The van der Waals surface area contributed by atoms with Gasteiger partial charge in [0.1, 0.15) is 19.1 Å². The van der Waals surface area contributed by atoms with Crippen LogP contribution in [0.15, 0.2) is 83.3 Å². The molecule has 7 heteroatoms. The molecule has 6 nitrogen and oxygen atoms in total. The summed E-state index contributed by atoms with van der Waals surface area (Å²) in [7, 11) is 0. The summed E-state index contributed by atoms with van der Waals surface area (Å²) < 4.78 is 17.8. The van der Waals surface area contributed by atoms with Crippen LogP contribution >= 0.6 is 15.9 Å². The van der Waals surface area contributed by atoms with Crippen LogP contribution in [0.4, 0.5) is 0 Å². The molecule has 3 rings (SSSR count). The van der Waals surface area contributed by atoms with E-state index in [1.54, 1.807) is 19.1 Å². The number of esters is 2. The van der Waals surface area contributed by atoms with Crippen LogP contribution < -0.4 is 4.74 Å². The first-order valence-corrected chi connectivity index (χ1v) is 13.4. The number of benzene rings is 3. The van der Waals surface area contributed by atoms with Crippen LogP contribution in [0.1, 0.15) is 47.7 Å². The Hall–Kier alpha value is -3.16. The average molecular weight is 569 g/mol. The van der Waals surface area contributed by atoms with Crippen LogP contribution in [0.3, 0.4) is 0 Å². The third-order valence-corrected chi connectivity index (χ3v) is 6.30. The number of hydrogen-bond acceptors (Lipinski definition) is 6. The molecule has 0 bridgehead atoms. The maximum Gasteiger partial charge on any atom is 0.339 e. The molecule has 0 atom stereocenters. The van der Waals surface area contributed by atoms with E-state index in [1.807, 2.05) is 60.7 Å². The SMILES string of the molecule is CCOC(=O)CCCCN(CCc1ccccc1OCc1ccc(Br)cc1)COC(=O)c1ccccc1. The Morgan fingerprint density at radius 1 is 0.838 bits per heavy atom. The fourth-order valence-electron chi connectivity index (χ4n) is 3.76. The smallest absolute Gasteiger partial charge is 0.339 e. The number of ether oxygens (including phenoxy) is 3. The van der Waals surface area contributed by atoms with Crippen molar-refractivity contribution >= 4 is 27.9 Å². The van der Waals surface area contributed by atoms with E-state index in [0.29, 0.717) is 38.3 Å². The van der Waals surface area contributed by atoms with E-state index in [0.717, 1.165) is 40.6 Å². The third-order valence-electron chi connectivity index (χ3n) is 5.78. The summed E-state index contributed by atoms with van der Waals surface area (Å²) in [5.74, 6) is 0.311. The second-order valence-electron chi connectivity index (χ2n) is 8.58. The summed E-state index contributed by atoms with van der Waals surface area (Å²) in [6.45, 7) is 4.24. The molecule has 0 aliphatic rings. The Morgan fingerprint density at radius 3 is 2.32 bits per heavy atom. The number of halogens is 1. The highest BCUT2D eigenvalue weighted by atomic mass is 79.9. The maximum absolute atomic E-state index is 12.5. The quantitative estimate of drug-likeness (QED) is 0.120. The van der Waals surface area contributed by atoms with E-state index in [2.05, 4.69) is 26.9 Å². The minimum atomic E-state index is -0.352. The van der Waals surface area contributed by atoms with E-state index < -0.39 is 0 Å². The van der Waals surface area contributed by atoms with E-state index in [1.165, 1.54) is 0 Å². The lowest BCUT2D eigenvalue weighted by atomic mass is 10.1. The fraction of sp³-hybridized carbons (Fsp3) is 0.333. The van der Waals surface area contributed by atoms with Crippen molar-refractivity contribution in [1.29, 1.82) is 0 Å². The van der Waals surface area contributed by atoms with E-state index >= 15 is 0 Å². The molecule has 3 aromatic rings. The Bertz CT molecular complexity index is 1100. The molecule has 0 saturated heterocycles. The van der Waals surface area contributed by atoms with E-state index in [4.69, 9.17) is 14.2 Å². The lowest BCUT2D eigenvalue weighted by Gasteiger charge is -2.22. The van der Waals surface area contributed by atoms with Gasteiger partial charge in [-0.2, -0.15) is 0 Å². The topological polar surface area (TPSA) is 65.1 Å². The van der Waals surface area contributed by atoms with Gasteiger partial charge in [0.2, 0.25) is 0 Å². The number of carbonyl (C=O) groups excluding carboxylic acids is 2. The number of carbonyl (C=O) groups is 2. The molecular formula is C30H34BrNO5. The Labute approximate surface area is 227 Å². The van der Waals surface area contributed by atoms with Gasteiger partial charge in [0.15, 0.2) is 0 Å². The summed E-state index contributed by atoms with van der Waals surface area (Å²) >= 11 is 3.46. The molecule has 0 fully saturated rings. The first kappa shape index (κ1) is 28.4. The number of unbranched alkanes of at least 4 members (excludes halogenated alkanes) is 1. The minimum Gasteiger partial charge on any atom is -0.489 e. The van der Waals surface area contributed by atoms with Crippen LogP contribution in [0.25, 0.3) is 0 Å². The molecule has 0 spiro atoms. The first-order valence-electron chi connectivity index (χ1n) is 12.6. The second-order valence-corrected chi connectivity index (χ2v) is 9.50. The largest absolute Gasteiger partial charge is 0.489 e. The number of rotatable bonds is 15. The lowest BCUT2D eigenvalue weighted by molar-refractivity contribution is -0.143. The van der Waals surface area contributed by atoms with Gasteiger partial charge in [-0.3, -0.25) is 9.69 Å². The molecular weight excluding hydrogens is 534 g/mol. The van der Waals surface area contributed by atoms with Gasteiger partial charge in [-0.1, -0.05) is 64.5 Å². The lowest BCUT2D eigenvalue weighted by Crippen LogP contribution is -2.31. The summed E-state index contributed by atoms with van der Waals surface area (Å²) in [6, 6.07) is 25.1. The summed E-state index contributed by atoms with van der Waals surface area (Å²) in [5, 5.41) is 0. The first-order chi connectivity index (χ1) is 18.0.